The molecule has 1 aliphatic carbocycles. The first-order valence-corrected chi connectivity index (χ1v) is 8.13. The second-order valence-corrected chi connectivity index (χ2v) is 6.53. The normalized spacial score (nSPS) is 27.0. The molecular weight excluding hydrogens is 282 g/mol. The average molecular weight is 307 g/mol. The number of carbonyl (C=O) groups is 1. The number of hydrogen-bond acceptors (Lipinski definition) is 4. The van der Waals surface area contributed by atoms with Crippen molar-refractivity contribution in [2.75, 3.05) is 19.7 Å². The zero-order chi connectivity index (χ0) is 15.7. The van der Waals surface area contributed by atoms with Gasteiger partial charge in [-0.2, -0.15) is 5.10 Å². The van der Waals surface area contributed by atoms with E-state index in [0.717, 1.165) is 30.7 Å². The summed E-state index contributed by atoms with van der Waals surface area (Å²) in [7, 11) is 0. The van der Waals surface area contributed by atoms with Crippen LogP contribution in [0, 0.1) is 12.3 Å². The second-order valence-electron chi connectivity index (χ2n) is 6.53. The first kappa shape index (κ1) is 15.5. The zero-order valence-corrected chi connectivity index (χ0v) is 13.3. The predicted octanol–water partition coefficient (Wildman–Crippen LogP) is 1.04. The number of H-pyrrole nitrogens is 1. The van der Waals surface area contributed by atoms with E-state index < -0.39 is 0 Å². The molecule has 2 fully saturated rings. The molecular formula is C16H25N3O3. The fraction of sp³-hybridized carbons (Fsp3) is 0.750. The van der Waals surface area contributed by atoms with Gasteiger partial charge in [-0.25, -0.2) is 0 Å². The number of likely N-dealkylation sites (tertiary alicyclic amines) is 1. The lowest BCUT2D eigenvalue weighted by molar-refractivity contribution is -0.210. The Kier molecular flexibility index (Phi) is 4.23. The van der Waals surface area contributed by atoms with Crippen LogP contribution in [-0.2, 0) is 16.0 Å². The molecule has 3 rings (SSSR count). The summed E-state index contributed by atoms with van der Waals surface area (Å²) in [6.45, 7) is 5.99. The van der Waals surface area contributed by atoms with Gasteiger partial charge in [0.2, 0.25) is 5.91 Å². The third kappa shape index (κ3) is 2.65. The summed E-state index contributed by atoms with van der Waals surface area (Å²) in [6.07, 6.45) is 2.59. The van der Waals surface area contributed by atoms with Gasteiger partial charge >= 0.3 is 0 Å². The SMILES string of the molecule is CCOC1CC(O)C12CCN(C(=O)Cc1cc(C)[nH]n1)CC2. The molecule has 1 saturated heterocycles. The van der Waals surface area contributed by atoms with Gasteiger partial charge in [-0.15, -0.1) is 0 Å². The summed E-state index contributed by atoms with van der Waals surface area (Å²) in [4.78, 5) is 14.3. The highest BCUT2D eigenvalue weighted by molar-refractivity contribution is 5.78. The fourth-order valence-electron chi connectivity index (χ4n) is 3.82. The Morgan fingerprint density at radius 2 is 2.27 bits per heavy atom. The maximum atomic E-state index is 12.4. The minimum Gasteiger partial charge on any atom is -0.392 e. The Labute approximate surface area is 130 Å². The fourth-order valence-corrected chi connectivity index (χ4v) is 3.82. The van der Waals surface area contributed by atoms with Crippen molar-refractivity contribution in [1.29, 1.82) is 0 Å². The lowest BCUT2D eigenvalue weighted by Crippen LogP contribution is -2.62. The molecule has 0 bridgehead atoms. The van der Waals surface area contributed by atoms with Crippen LogP contribution in [0.25, 0.3) is 0 Å². The topological polar surface area (TPSA) is 78.5 Å². The number of amides is 1. The molecule has 2 N–H and O–H groups in total. The van der Waals surface area contributed by atoms with Crippen molar-refractivity contribution < 1.29 is 14.6 Å². The number of nitrogens with one attached hydrogen (secondary N) is 1. The van der Waals surface area contributed by atoms with Crippen LogP contribution in [0.2, 0.25) is 0 Å². The second kappa shape index (κ2) is 6.01. The molecule has 122 valence electrons. The molecule has 2 heterocycles. The van der Waals surface area contributed by atoms with Crippen molar-refractivity contribution in [1.82, 2.24) is 15.1 Å². The third-order valence-corrected chi connectivity index (χ3v) is 5.25. The van der Waals surface area contributed by atoms with Crippen molar-refractivity contribution >= 4 is 5.91 Å². The van der Waals surface area contributed by atoms with Crippen LogP contribution in [-0.4, -0.2) is 58.0 Å². The summed E-state index contributed by atoms with van der Waals surface area (Å²) in [5, 5.41) is 17.2. The van der Waals surface area contributed by atoms with Crippen LogP contribution in [0.5, 0.6) is 0 Å². The summed E-state index contributed by atoms with van der Waals surface area (Å²) in [5.74, 6) is 0.114. The Morgan fingerprint density at radius 1 is 1.55 bits per heavy atom. The maximum absolute atomic E-state index is 12.4. The number of aliphatic hydroxyl groups excluding tert-OH is 1. The number of nitrogens with zero attached hydrogens (tertiary/aromatic N) is 2. The first-order chi connectivity index (χ1) is 10.5. The van der Waals surface area contributed by atoms with E-state index in [1.54, 1.807) is 0 Å². The van der Waals surface area contributed by atoms with Crippen LogP contribution in [0.15, 0.2) is 6.07 Å². The number of aliphatic hydroxyl groups is 1. The molecule has 2 atom stereocenters. The molecule has 2 unspecified atom stereocenters. The molecule has 1 aromatic heterocycles. The van der Waals surface area contributed by atoms with E-state index >= 15 is 0 Å². The molecule has 1 saturated carbocycles. The van der Waals surface area contributed by atoms with Crippen molar-refractivity contribution in [2.45, 2.75) is 51.7 Å². The largest absolute Gasteiger partial charge is 0.392 e. The zero-order valence-electron chi connectivity index (χ0n) is 13.3. The summed E-state index contributed by atoms with van der Waals surface area (Å²) < 4.78 is 5.76. The number of ether oxygens (including phenoxy) is 1. The number of aromatic nitrogens is 2. The molecule has 6 nitrogen and oxygen atoms in total. The molecule has 1 aromatic rings. The van der Waals surface area contributed by atoms with E-state index in [1.807, 2.05) is 24.8 Å². The van der Waals surface area contributed by atoms with Crippen LogP contribution < -0.4 is 0 Å². The van der Waals surface area contributed by atoms with E-state index in [9.17, 15) is 9.90 Å². The van der Waals surface area contributed by atoms with E-state index in [0.29, 0.717) is 26.1 Å². The highest BCUT2D eigenvalue weighted by Gasteiger charge is 2.56. The number of aromatic amines is 1. The van der Waals surface area contributed by atoms with Crippen LogP contribution in [0.1, 0.15) is 37.6 Å². The molecule has 1 spiro atoms. The molecule has 0 radical (unpaired) electrons. The summed E-state index contributed by atoms with van der Waals surface area (Å²) in [6, 6.07) is 1.91. The van der Waals surface area contributed by atoms with E-state index in [1.165, 1.54) is 0 Å². The highest BCUT2D eigenvalue weighted by Crippen LogP contribution is 2.50. The standard InChI is InChI=1S/C16H25N3O3/c1-3-22-14-10-13(20)16(14)4-6-19(7-5-16)15(21)9-12-8-11(2)17-18-12/h8,13-14,20H,3-7,9-10H2,1-2H3,(H,17,18). The van der Waals surface area contributed by atoms with Gasteiger partial charge in [0.25, 0.3) is 0 Å². The number of hydrogen-bond donors (Lipinski definition) is 2. The van der Waals surface area contributed by atoms with Gasteiger partial charge in [0, 0.05) is 37.2 Å². The Bertz CT molecular complexity index is 532. The average Bonchev–Trinajstić information content (AvgIpc) is 2.92. The van der Waals surface area contributed by atoms with Crippen LogP contribution in [0.3, 0.4) is 0 Å². The Hall–Kier alpha value is -1.40. The minimum atomic E-state index is -0.282. The molecule has 6 heteroatoms. The molecule has 22 heavy (non-hydrogen) atoms. The first-order valence-electron chi connectivity index (χ1n) is 8.13. The number of aryl methyl sites for hydroxylation is 1. The Morgan fingerprint density at radius 3 is 2.82 bits per heavy atom. The van der Waals surface area contributed by atoms with Crippen LogP contribution in [0.4, 0.5) is 0 Å². The lowest BCUT2D eigenvalue weighted by Gasteiger charge is -2.56. The summed E-state index contributed by atoms with van der Waals surface area (Å²) >= 11 is 0. The molecule has 2 aliphatic rings. The maximum Gasteiger partial charge on any atom is 0.228 e. The van der Waals surface area contributed by atoms with Crippen molar-refractivity contribution in [2.24, 2.45) is 5.41 Å². The number of rotatable bonds is 4. The van der Waals surface area contributed by atoms with E-state index in [4.69, 9.17) is 4.74 Å². The quantitative estimate of drug-likeness (QED) is 0.871. The van der Waals surface area contributed by atoms with E-state index in [2.05, 4.69) is 10.2 Å². The van der Waals surface area contributed by atoms with Crippen LogP contribution >= 0.6 is 0 Å². The van der Waals surface area contributed by atoms with Crippen molar-refractivity contribution in [3.05, 3.63) is 17.5 Å². The van der Waals surface area contributed by atoms with Gasteiger partial charge in [0.15, 0.2) is 0 Å². The third-order valence-electron chi connectivity index (χ3n) is 5.25. The smallest absolute Gasteiger partial charge is 0.228 e. The van der Waals surface area contributed by atoms with E-state index in [-0.39, 0.29) is 23.5 Å². The van der Waals surface area contributed by atoms with Gasteiger partial charge in [0.1, 0.15) is 0 Å². The Balaban J connectivity index is 1.56. The molecule has 1 aliphatic heterocycles. The van der Waals surface area contributed by atoms with Gasteiger partial charge < -0.3 is 14.7 Å². The number of carbonyl (C=O) groups excluding carboxylic acids is 1. The lowest BCUT2D eigenvalue weighted by atomic mass is 9.58. The van der Waals surface area contributed by atoms with Crippen molar-refractivity contribution in [3.63, 3.8) is 0 Å². The predicted molar refractivity (Wildman–Crippen MR) is 81.3 cm³/mol. The molecule has 0 aromatic carbocycles. The van der Waals surface area contributed by atoms with Gasteiger partial charge in [-0.3, -0.25) is 9.89 Å². The monoisotopic (exact) mass is 307 g/mol. The molecule has 1 amide bonds. The van der Waals surface area contributed by atoms with Crippen molar-refractivity contribution in [3.8, 4) is 0 Å². The summed E-state index contributed by atoms with van der Waals surface area (Å²) in [5.41, 5.74) is 1.63. The van der Waals surface area contributed by atoms with Gasteiger partial charge in [-0.1, -0.05) is 0 Å². The van der Waals surface area contributed by atoms with Gasteiger partial charge in [0.05, 0.1) is 24.3 Å². The number of piperidine rings is 1. The van der Waals surface area contributed by atoms with Gasteiger partial charge in [-0.05, 0) is 32.8 Å². The highest BCUT2D eigenvalue weighted by atomic mass is 16.5. The minimum absolute atomic E-state index is 0.114.